The van der Waals surface area contributed by atoms with Gasteiger partial charge in [-0.05, 0) is 55.7 Å². The molecule has 2 amide bonds. The minimum atomic E-state index is -0.257. The second-order valence-electron chi connectivity index (χ2n) is 6.73. The first kappa shape index (κ1) is 16.7. The molecule has 0 aromatic heterocycles. The van der Waals surface area contributed by atoms with E-state index in [4.69, 9.17) is 0 Å². The van der Waals surface area contributed by atoms with E-state index in [1.165, 1.54) is 24.0 Å². The van der Waals surface area contributed by atoms with E-state index >= 15 is 0 Å². The van der Waals surface area contributed by atoms with Crippen molar-refractivity contribution in [3.8, 4) is 0 Å². The van der Waals surface area contributed by atoms with Crippen molar-refractivity contribution < 1.29 is 14.4 Å². The molecule has 1 aromatic carbocycles. The van der Waals surface area contributed by atoms with Gasteiger partial charge in [0.15, 0.2) is 5.78 Å². The molecule has 3 rings (SSSR count). The molecule has 1 fully saturated rings. The van der Waals surface area contributed by atoms with Crippen LogP contribution in [0.2, 0.25) is 0 Å². The summed E-state index contributed by atoms with van der Waals surface area (Å²) in [6.07, 6.45) is 6.86. The van der Waals surface area contributed by atoms with Crippen LogP contribution < -0.4 is 10.6 Å². The van der Waals surface area contributed by atoms with Crippen molar-refractivity contribution in [1.82, 2.24) is 10.6 Å². The van der Waals surface area contributed by atoms with Gasteiger partial charge in [-0.2, -0.15) is 0 Å². The number of hydrogen-bond acceptors (Lipinski definition) is 3. The second-order valence-corrected chi connectivity index (χ2v) is 6.73. The number of aryl methyl sites for hydroxylation is 2. The molecular weight excluding hydrogens is 304 g/mol. The third kappa shape index (κ3) is 4.66. The van der Waals surface area contributed by atoms with Crippen LogP contribution in [0.25, 0.3) is 0 Å². The summed E-state index contributed by atoms with van der Waals surface area (Å²) in [6, 6.07) is 6.19. The van der Waals surface area contributed by atoms with E-state index < -0.39 is 0 Å². The first-order valence-electron chi connectivity index (χ1n) is 8.83. The first-order chi connectivity index (χ1) is 11.6. The SMILES string of the molecule is O=C(CCC(=O)c1ccc2c(c1)CCCC2)NCC(=O)NC1CC1. The Labute approximate surface area is 142 Å². The number of ketones is 1. The van der Waals surface area contributed by atoms with Gasteiger partial charge in [-0.3, -0.25) is 14.4 Å². The van der Waals surface area contributed by atoms with Crippen LogP contribution in [0.4, 0.5) is 0 Å². The van der Waals surface area contributed by atoms with Crippen LogP contribution in [0.5, 0.6) is 0 Å². The van der Waals surface area contributed by atoms with Crippen molar-refractivity contribution in [3.05, 3.63) is 34.9 Å². The van der Waals surface area contributed by atoms with Gasteiger partial charge in [-0.1, -0.05) is 12.1 Å². The standard InChI is InChI=1S/C19H24N2O3/c22-17(15-6-5-13-3-1-2-4-14(13)11-15)9-10-18(23)20-12-19(24)21-16-7-8-16/h5-6,11,16H,1-4,7-10,12H2,(H,20,23)(H,21,24). The van der Waals surface area contributed by atoms with E-state index in [1.54, 1.807) is 0 Å². The third-order valence-corrected chi connectivity index (χ3v) is 4.64. The summed E-state index contributed by atoms with van der Waals surface area (Å²) >= 11 is 0. The molecule has 5 nitrogen and oxygen atoms in total. The van der Waals surface area contributed by atoms with Gasteiger partial charge in [0.25, 0.3) is 0 Å². The maximum absolute atomic E-state index is 12.3. The average Bonchev–Trinajstić information content (AvgIpc) is 3.41. The van der Waals surface area contributed by atoms with Crippen LogP contribution in [0, 0.1) is 0 Å². The number of carbonyl (C=O) groups excluding carboxylic acids is 3. The Morgan fingerprint density at radius 3 is 2.46 bits per heavy atom. The Morgan fingerprint density at radius 1 is 0.958 bits per heavy atom. The lowest BCUT2D eigenvalue weighted by molar-refractivity contribution is -0.126. The monoisotopic (exact) mass is 328 g/mol. The number of rotatable bonds is 7. The second kappa shape index (κ2) is 7.60. The topological polar surface area (TPSA) is 75.3 Å². The molecular formula is C19H24N2O3. The Hall–Kier alpha value is -2.17. The number of hydrogen-bond donors (Lipinski definition) is 2. The predicted molar refractivity (Wildman–Crippen MR) is 90.8 cm³/mol. The van der Waals surface area contributed by atoms with Gasteiger partial charge in [0.1, 0.15) is 0 Å². The number of amides is 2. The summed E-state index contributed by atoms with van der Waals surface area (Å²) in [7, 11) is 0. The Bertz CT molecular complexity index is 650. The fraction of sp³-hybridized carbons (Fsp3) is 0.526. The lowest BCUT2D eigenvalue weighted by atomic mass is 9.89. The number of benzene rings is 1. The maximum Gasteiger partial charge on any atom is 0.239 e. The molecule has 2 aliphatic rings. The molecule has 0 bridgehead atoms. The minimum absolute atomic E-state index is 0.0115. The molecule has 2 N–H and O–H groups in total. The smallest absolute Gasteiger partial charge is 0.239 e. The fourth-order valence-electron chi connectivity index (χ4n) is 3.05. The molecule has 0 saturated heterocycles. The van der Waals surface area contributed by atoms with Crippen molar-refractivity contribution in [2.45, 2.75) is 57.4 Å². The van der Waals surface area contributed by atoms with Crippen LogP contribution in [-0.2, 0) is 22.4 Å². The molecule has 2 aliphatic carbocycles. The number of carbonyl (C=O) groups is 3. The summed E-state index contributed by atoms with van der Waals surface area (Å²) in [6.45, 7) is -0.0115. The third-order valence-electron chi connectivity index (χ3n) is 4.64. The van der Waals surface area contributed by atoms with E-state index in [0.717, 1.165) is 25.7 Å². The zero-order valence-electron chi connectivity index (χ0n) is 13.9. The van der Waals surface area contributed by atoms with Crippen LogP contribution >= 0.6 is 0 Å². The van der Waals surface area contributed by atoms with E-state index in [9.17, 15) is 14.4 Å². The zero-order chi connectivity index (χ0) is 16.9. The average molecular weight is 328 g/mol. The normalized spacial score (nSPS) is 16.2. The van der Waals surface area contributed by atoms with Gasteiger partial charge >= 0.3 is 0 Å². The minimum Gasteiger partial charge on any atom is -0.352 e. The van der Waals surface area contributed by atoms with Gasteiger partial charge < -0.3 is 10.6 Å². The number of nitrogens with one attached hydrogen (secondary N) is 2. The Morgan fingerprint density at radius 2 is 1.71 bits per heavy atom. The predicted octanol–water partition coefficient (Wildman–Crippen LogP) is 1.92. The quantitative estimate of drug-likeness (QED) is 0.751. The van der Waals surface area contributed by atoms with Gasteiger partial charge in [0.05, 0.1) is 6.54 Å². The molecule has 0 aliphatic heterocycles. The van der Waals surface area contributed by atoms with E-state index in [0.29, 0.717) is 11.6 Å². The molecule has 0 heterocycles. The van der Waals surface area contributed by atoms with Crippen molar-refractivity contribution in [3.63, 3.8) is 0 Å². The van der Waals surface area contributed by atoms with Crippen LogP contribution in [-0.4, -0.2) is 30.2 Å². The highest BCUT2D eigenvalue weighted by atomic mass is 16.2. The summed E-state index contributed by atoms with van der Waals surface area (Å²) < 4.78 is 0. The summed E-state index contributed by atoms with van der Waals surface area (Å²) in [5.41, 5.74) is 3.31. The highest BCUT2D eigenvalue weighted by molar-refractivity contribution is 5.98. The van der Waals surface area contributed by atoms with Crippen molar-refractivity contribution in [2.75, 3.05) is 6.54 Å². The molecule has 128 valence electrons. The fourth-order valence-corrected chi connectivity index (χ4v) is 3.05. The number of fused-ring (bicyclic) bond motifs is 1. The lowest BCUT2D eigenvalue weighted by Crippen LogP contribution is -2.37. The molecule has 1 aromatic rings. The van der Waals surface area contributed by atoms with E-state index in [1.807, 2.05) is 18.2 Å². The van der Waals surface area contributed by atoms with Gasteiger partial charge in [0.2, 0.25) is 11.8 Å². The lowest BCUT2D eigenvalue weighted by Gasteiger charge is -2.16. The number of Topliss-reactive ketones (excluding diaryl/α,β-unsaturated/α-hetero) is 1. The maximum atomic E-state index is 12.3. The van der Waals surface area contributed by atoms with Gasteiger partial charge in [-0.15, -0.1) is 0 Å². The molecule has 5 heteroatoms. The summed E-state index contributed by atoms with van der Waals surface area (Å²) in [5, 5.41) is 5.38. The molecule has 0 unspecified atom stereocenters. The molecule has 24 heavy (non-hydrogen) atoms. The van der Waals surface area contributed by atoms with Crippen molar-refractivity contribution in [2.24, 2.45) is 0 Å². The largest absolute Gasteiger partial charge is 0.352 e. The highest BCUT2D eigenvalue weighted by Gasteiger charge is 2.23. The first-order valence-corrected chi connectivity index (χ1v) is 8.83. The molecule has 0 radical (unpaired) electrons. The van der Waals surface area contributed by atoms with Crippen molar-refractivity contribution in [1.29, 1.82) is 0 Å². The Kier molecular flexibility index (Phi) is 5.28. The zero-order valence-corrected chi connectivity index (χ0v) is 13.9. The van der Waals surface area contributed by atoms with Gasteiger partial charge in [0, 0.05) is 24.4 Å². The van der Waals surface area contributed by atoms with E-state index in [2.05, 4.69) is 10.6 Å². The van der Waals surface area contributed by atoms with Crippen molar-refractivity contribution >= 4 is 17.6 Å². The van der Waals surface area contributed by atoms with Crippen LogP contribution in [0.1, 0.15) is 60.0 Å². The summed E-state index contributed by atoms with van der Waals surface area (Å²) in [5.74, 6) is -0.430. The van der Waals surface area contributed by atoms with Crippen LogP contribution in [0.15, 0.2) is 18.2 Å². The molecule has 0 atom stereocenters. The Balaban J connectivity index is 1.42. The molecule has 0 spiro atoms. The van der Waals surface area contributed by atoms with E-state index in [-0.39, 0.29) is 37.0 Å². The van der Waals surface area contributed by atoms with Gasteiger partial charge in [-0.25, -0.2) is 0 Å². The summed E-state index contributed by atoms with van der Waals surface area (Å²) in [4.78, 5) is 35.5. The molecule has 1 saturated carbocycles. The highest BCUT2D eigenvalue weighted by Crippen LogP contribution is 2.23. The van der Waals surface area contributed by atoms with Crippen LogP contribution in [0.3, 0.4) is 0 Å².